The van der Waals surface area contributed by atoms with E-state index in [1.807, 2.05) is 43.3 Å². The van der Waals surface area contributed by atoms with Gasteiger partial charge in [0.1, 0.15) is 5.00 Å². The summed E-state index contributed by atoms with van der Waals surface area (Å²) in [4.78, 5) is 37.6. The Kier molecular flexibility index (Phi) is 7.04. The van der Waals surface area contributed by atoms with Crippen molar-refractivity contribution in [2.75, 3.05) is 5.32 Å². The fourth-order valence-corrected chi connectivity index (χ4v) is 4.56. The fourth-order valence-electron chi connectivity index (χ4n) is 3.57. The van der Waals surface area contributed by atoms with Crippen LogP contribution >= 0.6 is 11.3 Å². The van der Waals surface area contributed by atoms with Crippen LogP contribution in [0.2, 0.25) is 0 Å². The average Bonchev–Trinajstić information content (AvgIpc) is 3.15. The molecule has 2 aromatic rings. The largest absolute Gasteiger partial charge is 0.481 e. The average molecular weight is 415 g/mol. The molecule has 0 bridgehead atoms. The first-order valence-corrected chi connectivity index (χ1v) is 10.8. The van der Waals surface area contributed by atoms with Gasteiger partial charge in [0, 0.05) is 17.3 Å². The van der Waals surface area contributed by atoms with Crippen LogP contribution in [0.3, 0.4) is 0 Å². The van der Waals surface area contributed by atoms with E-state index in [1.54, 1.807) is 0 Å². The van der Waals surface area contributed by atoms with E-state index in [0.29, 0.717) is 42.8 Å². The van der Waals surface area contributed by atoms with Crippen molar-refractivity contribution in [3.05, 3.63) is 52.4 Å². The number of thiophene rings is 1. The van der Waals surface area contributed by atoms with Gasteiger partial charge in [-0.25, -0.2) is 0 Å². The molecule has 7 heteroatoms. The predicted molar refractivity (Wildman–Crippen MR) is 113 cm³/mol. The SMILES string of the molecule is CCc1cc(C(=O)NCc2ccccc2)c(NC(=O)C2CCC(C(=O)O)CC2)s1. The minimum Gasteiger partial charge on any atom is -0.481 e. The first kappa shape index (κ1) is 21.0. The third kappa shape index (κ3) is 5.44. The third-order valence-corrected chi connectivity index (χ3v) is 6.55. The van der Waals surface area contributed by atoms with Gasteiger partial charge in [-0.3, -0.25) is 14.4 Å². The standard InChI is InChI=1S/C22H26N2O4S/c1-2-17-12-18(20(26)23-13-14-6-4-3-5-7-14)21(29-17)24-19(25)15-8-10-16(11-9-15)22(27)28/h3-7,12,15-16H,2,8-11,13H2,1H3,(H,23,26)(H,24,25)(H,27,28). The maximum absolute atomic E-state index is 12.7. The maximum atomic E-state index is 12.7. The van der Waals surface area contributed by atoms with E-state index in [1.165, 1.54) is 11.3 Å². The topological polar surface area (TPSA) is 95.5 Å². The van der Waals surface area contributed by atoms with Crippen molar-refractivity contribution >= 4 is 34.1 Å². The molecule has 3 rings (SSSR count). The smallest absolute Gasteiger partial charge is 0.306 e. The van der Waals surface area contributed by atoms with Crippen molar-refractivity contribution in [2.24, 2.45) is 11.8 Å². The van der Waals surface area contributed by atoms with Crippen molar-refractivity contribution in [3.8, 4) is 0 Å². The lowest BCUT2D eigenvalue weighted by Crippen LogP contribution is -2.30. The van der Waals surface area contributed by atoms with Gasteiger partial charge in [-0.1, -0.05) is 37.3 Å². The summed E-state index contributed by atoms with van der Waals surface area (Å²) >= 11 is 1.42. The number of nitrogens with one attached hydrogen (secondary N) is 2. The summed E-state index contributed by atoms with van der Waals surface area (Å²) in [5.41, 5.74) is 1.49. The molecular formula is C22H26N2O4S. The summed E-state index contributed by atoms with van der Waals surface area (Å²) in [6.45, 7) is 2.43. The first-order chi connectivity index (χ1) is 14.0. The molecule has 3 N–H and O–H groups in total. The van der Waals surface area contributed by atoms with Crippen LogP contribution in [0.25, 0.3) is 0 Å². The van der Waals surface area contributed by atoms with Crippen LogP contribution < -0.4 is 10.6 Å². The van der Waals surface area contributed by atoms with Crippen LogP contribution in [0, 0.1) is 11.8 Å². The molecule has 0 spiro atoms. The second-order valence-electron chi connectivity index (χ2n) is 7.35. The van der Waals surface area contributed by atoms with E-state index in [0.717, 1.165) is 16.9 Å². The Morgan fingerprint density at radius 3 is 2.34 bits per heavy atom. The van der Waals surface area contributed by atoms with E-state index in [4.69, 9.17) is 5.11 Å². The molecule has 6 nitrogen and oxygen atoms in total. The molecule has 29 heavy (non-hydrogen) atoms. The molecule has 0 radical (unpaired) electrons. The fraction of sp³-hybridized carbons (Fsp3) is 0.409. The maximum Gasteiger partial charge on any atom is 0.306 e. The number of benzene rings is 1. The van der Waals surface area contributed by atoms with Gasteiger partial charge in [0.25, 0.3) is 5.91 Å². The Bertz CT molecular complexity index is 870. The Labute approximate surface area is 174 Å². The summed E-state index contributed by atoms with van der Waals surface area (Å²) in [5, 5.41) is 15.5. The molecule has 0 saturated heterocycles. The third-order valence-electron chi connectivity index (χ3n) is 5.36. The van der Waals surface area contributed by atoms with Crippen LogP contribution in [0.15, 0.2) is 36.4 Å². The summed E-state index contributed by atoms with van der Waals surface area (Å²) in [6.07, 6.45) is 2.93. The number of hydrogen-bond donors (Lipinski definition) is 3. The van der Waals surface area contributed by atoms with Gasteiger partial charge in [0.15, 0.2) is 0 Å². The molecule has 1 saturated carbocycles. The molecule has 1 fully saturated rings. The molecule has 0 unspecified atom stereocenters. The number of anilines is 1. The zero-order valence-corrected chi connectivity index (χ0v) is 17.3. The number of hydrogen-bond acceptors (Lipinski definition) is 4. The Morgan fingerprint density at radius 1 is 1.07 bits per heavy atom. The van der Waals surface area contributed by atoms with Gasteiger partial charge in [-0.05, 0) is 43.7 Å². The van der Waals surface area contributed by atoms with E-state index < -0.39 is 5.97 Å². The molecule has 0 aliphatic heterocycles. The predicted octanol–water partition coefficient (Wildman–Crippen LogP) is 4.07. The minimum atomic E-state index is -0.785. The van der Waals surface area contributed by atoms with Crippen LogP contribution in [-0.2, 0) is 22.6 Å². The van der Waals surface area contributed by atoms with Gasteiger partial charge < -0.3 is 15.7 Å². The van der Waals surface area contributed by atoms with Crippen LogP contribution in [-0.4, -0.2) is 22.9 Å². The lowest BCUT2D eigenvalue weighted by atomic mass is 9.81. The van der Waals surface area contributed by atoms with Crippen LogP contribution in [0.4, 0.5) is 5.00 Å². The minimum absolute atomic E-state index is 0.129. The number of aliphatic carboxylic acids is 1. The highest BCUT2D eigenvalue weighted by molar-refractivity contribution is 7.16. The van der Waals surface area contributed by atoms with E-state index in [-0.39, 0.29) is 23.7 Å². The second kappa shape index (κ2) is 9.69. The van der Waals surface area contributed by atoms with Crippen molar-refractivity contribution in [1.82, 2.24) is 5.32 Å². The van der Waals surface area contributed by atoms with Crippen LogP contribution in [0.5, 0.6) is 0 Å². The molecule has 1 aliphatic rings. The Morgan fingerprint density at radius 2 is 1.72 bits per heavy atom. The normalized spacial score (nSPS) is 18.8. The van der Waals surface area contributed by atoms with Gasteiger partial charge >= 0.3 is 5.97 Å². The van der Waals surface area contributed by atoms with Gasteiger partial charge in [-0.2, -0.15) is 0 Å². The highest BCUT2D eigenvalue weighted by Crippen LogP contribution is 2.33. The molecule has 1 aromatic carbocycles. The highest BCUT2D eigenvalue weighted by atomic mass is 32.1. The number of carbonyl (C=O) groups excluding carboxylic acids is 2. The number of amides is 2. The zero-order valence-electron chi connectivity index (χ0n) is 16.4. The summed E-state index contributed by atoms with van der Waals surface area (Å²) in [5.74, 6) is -1.69. The van der Waals surface area contributed by atoms with E-state index in [9.17, 15) is 14.4 Å². The van der Waals surface area contributed by atoms with E-state index in [2.05, 4.69) is 10.6 Å². The monoisotopic (exact) mass is 414 g/mol. The molecule has 1 aliphatic carbocycles. The molecule has 2 amide bonds. The summed E-state index contributed by atoms with van der Waals surface area (Å²) in [6, 6.07) is 11.5. The summed E-state index contributed by atoms with van der Waals surface area (Å²) < 4.78 is 0. The molecule has 1 heterocycles. The molecule has 1 aromatic heterocycles. The highest BCUT2D eigenvalue weighted by Gasteiger charge is 2.30. The van der Waals surface area contributed by atoms with Crippen molar-refractivity contribution in [2.45, 2.75) is 45.6 Å². The molecule has 0 atom stereocenters. The lowest BCUT2D eigenvalue weighted by Gasteiger charge is -2.25. The lowest BCUT2D eigenvalue weighted by molar-refractivity contribution is -0.143. The number of carboxylic acid groups (broad SMARTS) is 1. The first-order valence-electron chi connectivity index (χ1n) is 9.96. The number of carbonyl (C=O) groups is 3. The van der Waals surface area contributed by atoms with Crippen molar-refractivity contribution < 1.29 is 19.5 Å². The second-order valence-corrected chi connectivity index (χ2v) is 8.49. The van der Waals surface area contributed by atoms with Crippen molar-refractivity contribution in [3.63, 3.8) is 0 Å². The zero-order chi connectivity index (χ0) is 20.8. The van der Waals surface area contributed by atoms with Gasteiger partial charge in [0.2, 0.25) is 5.91 Å². The van der Waals surface area contributed by atoms with Crippen molar-refractivity contribution in [1.29, 1.82) is 0 Å². The number of carboxylic acids is 1. The Hall–Kier alpha value is -2.67. The number of aryl methyl sites for hydroxylation is 1. The van der Waals surface area contributed by atoms with E-state index >= 15 is 0 Å². The van der Waals surface area contributed by atoms with Crippen LogP contribution in [0.1, 0.15) is 53.4 Å². The Balaban J connectivity index is 1.64. The molecule has 154 valence electrons. The quantitative estimate of drug-likeness (QED) is 0.636. The van der Waals surface area contributed by atoms with Gasteiger partial charge in [-0.15, -0.1) is 11.3 Å². The van der Waals surface area contributed by atoms with Gasteiger partial charge in [0.05, 0.1) is 11.5 Å². The number of rotatable bonds is 7. The molecular weight excluding hydrogens is 388 g/mol. The summed E-state index contributed by atoms with van der Waals surface area (Å²) in [7, 11) is 0.